The average Bonchev–Trinajstić information content (AvgIpc) is 2.80. The largest absolute Gasteiger partial charge is 0.484 e. The van der Waals surface area contributed by atoms with E-state index in [0.29, 0.717) is 18.7 Å². The lowest BCUT2D eigenvalue weighted by molar-refractivity contribution is -0.143. The molecule has 1 aliphatic rings. The smallest absolute Gasteiger partial charge is 0.261 e. The Morgan fingerprint density at radius 2 is 1.78 bits per heavy atom. The summed E-state index contributed by atoms with van der Waals surface area (Å²) in [5, 5.41) is 3.21. The first-order chi connectivity index (χ1) is 15.5. The number of nitrogens with zero attached hydrogens (tertiary/aromatic N) is 1. The van der Waals surface area contributed by atoms with Crippen molar-refractivity contribution in [3.05, 3.63) is 63.2 Å². The van der Waals surface area contributed by atoms with Gasteiger partial charge in [-0.15, -0.1) is 0 Å². The highest BCUT2D eigenvalue weighted by Crippen LogP contribution is 2.20. The van der Waals surface area contributed by atoms with Crippen LogP contribution < -0.4 is 10.1 Å². The molecule has 6 heteroatoms. The molecule has 0 radical (unpaired) electrons. The van der Waals surface area contributed by atoms with Crippen molar-refractivity contribution in [3.8, 4) is 5.75 Å². The van der Waals surface area contributed by atoms with Gasteiger partial charge in [0.25, 0.3) is 5.91 Å². The van der Waals surface area contributed by atoms with Gasteiger partial charge in [0.2, 0.25) is 5.91 Å². The molecule has 172 valence electrons. The minimum atomic E-state index is -0.524. The fraction of sp³-hybridized carbons (Fsp3) is 0.462. The second-order valence-electron chi connectivity index (χ2n) is 8.46. The Bertz CT molecular complexity index is 894. The first-order valence-electron chi connectivity index (χ1n) is 11.5. The van der Waals surface area contributed by atoms with Gasteiger partial charge in [-0.25, -0.2) is 0 Å². The normalized spacial score (nSPS) is 15.1. The predicted molar refractivity (Wildman–Crippen MR) is 135 cm³/mol. The third-order valence-corrected chi connectivity index (χ3v) is 6.83. The lowest BCUT2D eigenvalue weighted by Gasteiger charge is -2.33. The van der Waals surface area contributed by atoms with E-state index < -0.39 is 6.04 Å². The molecule has 0 unspecified atom stereocenters. The fourth-order valence-corrected chi connectivity index (χ4v) is 4.55. The van der Waals surface area contributed by atoms with Gasteiger partial charge in [0.15, 0.2) is 6.61 Å². The van der Waals surface area contributed by atoms with Gasteiger partial charge in [0, 0.05) is 16.2 Å². The number of carbonyl (C=O) groups is 2. The summed E-state index contributed by atoms with van der Waals surface area (Å²) < 4.78 is 6.87. The van der Waals surface area contributed by atoms with E-state index in [1.807, 2.05) is 62.4 Å². The van der Waals surface area contributed by atoms with Crippen LogP contribution in [0.4, 0.5) is 0 Å². The van der Waals surface area contributed by atoms with Crippen LogP contribution in [0, 0.1) is 10.5 Å². The van der Waals surface area contributed by atoms with Crippen molar-refractivity contribution in [2.75, 3.05) is 6.61 Å². The third-order valence-electron chi connectivity index (χ3n) is 6.12. The summed E-state index contributed by atoms with van der Waals surface area (Å²) in [4.78, 5) is 28.2. The number of halogens is 1. The molecular formula is C26H33IN2O3. The SMILES string of the molecule is CC[C@H](C(=O)NC1CCCCC1)N(Cc1ccccc1C)C(=O)COc1ccc(I)cc1. The molecule has 1 saturated carbocycles. The highest BCUT2D eigenvalue weighted by molar-refractivity contribution is 14.1. The van der Waals surface area contributed by atoms with Gasteiger partial charge in [0.1, 0.15) is 11.8 Å². The average molecular weight is 548 g/mol. The standard InChI is InChI=1S/C26H33IN2O3/c1-3-24(26(31)28-22-11-5-4-6-12-22)29(17-20-10-8-7-9-19(20)2)25(30)18-32-23-15-13-21(27)14-16-23/h7-10,13-16,22,24H,3-6,11-12,17-18H2,1-2H3,(H,28,31)/t24-/m1/s1. The van der Waals surface area contributed by atoms with E-state index in [9.17, 15) is 9.59 Å². The zero-order valence-electron chi connectivity index (χ0n) is 19.0. The number of carbonyl (C=O) groups excluding carboxylic acids is 2. The number of nitrogens with one attached hydrogen (secondary N) is 1. The van der Waals surface area contributed by atoms with E-state index in [0.717, 1.165) is 40.4 Å². The van der Waals surface area contributed by atoms with Crippen LogP contribution in [0.2, 0.25) is 0 Å². The summed E-state index contributed by atoms with van der Waals surface area (Å²) in [5.74, 6) is 0.405. The molecule has 0 bridgehead atoms. The van der Waals surface area contributed by atoms with Gasteiger partial charge in [-0.3, -0.25) is 9.59 Å². The molecule has 2 aromatic carbocycles. The number of rotatable bonds is 9. The highest BCUT2D eigenvalue weighted by Gasteiger charge is 2.30. The van der Waals surface area contributed by atoms with E-state index >= 15 is 0 Å². The van der Waals surface area contributed by atoms with Gasteiger partial charge < -0.3 is 15.0 Å². The van der Waals surface area contributed by atoms with Crippen LogP contribution >= 0.6 is 22.6 Å². The Labute approximate surface area is 205 Å². The summed E-state index contributed by atoms with van der Waals surface area (Å²) in [6.07, 6.45) is 6.12. The number of aryl methyl sites for hydroxylation is 1. The molecule has 3 rings (SSSR count). The zero-order chi connectivity index (χ0) is 22.9. The Hall–Kier alpha value is -2.09. The second-order valence-corrected chi connectivity index (χ2v) is 9.70. The van der Waals surface area contributed by atoms with Gasteiger partial charge in [-0.05, 0) is 84.2 Å². The van der Waals surface area contributed by atoms with E-state index in [-0.39, 0.29) is 24.5 Å². The molecule has 1 fully saturated rings. The van der Waals surface area contributed by atoms with Crippen molar-refractivity contribution >= 4 is 34.4 Å². The van der Waals surface area contributed by atoms with Crippen molar-refractivity contribution in [1.82, 2.24) is 10.2 Å². The Kier molecular flexibility index (Phi) is 9.38. The zero-order valence-corrected chi connectivity index (χ0v) is 21.1. The molecule has 0 saturated heterocycles. The maximum Gasteiger partial charge on any atom is 0.261 e. The number of ether oxygens (including phenoxy) is 1. The van der Waals surface area contributed by atoms with Gasteiger partial charge in [-0.1, -0.05) is 50.5 Å². The Balaban J connectivity index is 1.75. The summed E-state index contributed by atoms with van der Waals surface area (Å²) in [7, 11) is 0. The fourth-order valence-electron chi connectivity index (χ4n) is 4.19. The number of benzene rings is 2. The third kappa shape index (κ3) is 6.95. The number of hydrogen-bond donors (Lipinski definition) is 1. The van der Waals surface area contributed by atoms with E-state index in [4.69, 9.17) is 4.74 Å². The Morgan fingerprint density at radius 3 is 2.44 bits per heavy atom. The lowest BCUT2D eigenvalue weighted by atomic mass is 9.95. The molecule has 0 aromatic heterocycles. The maximum absolute atomic E-state index is 13.3. The van der Waals surface area contributed by atoms with E-state index in [1.54, 1.807) is 4.90 Å². The van der Waals surface area contributed by atoms with Gasteiger partial charge >= 0.3 is 0 Å². The molecule has 5 nitrogen and oxygen atoms in total. The first kappa shape index (κ1) is 24.6. The van der Waals surface area contributed by atoms with Gasteiger partial charge in [-0.2, -0.15) is 0 Å². The molecule has 32 heavy (non-hydrogen) atoms. The molecule has 1 atom stereocenters. The number of hydrogen-bond acceptors (Lipinski definition) is 3. The lowest BCUT2D eigenvalue weighted by Crippen LogP contribution is -2.52. The van der Waals surface area contributed by atoms with Crippen LogP contribution in [-0.2, 0) is 16.1 Å². The minimum Gasteiger partial charge on any atom is -0.484 e. The highest BCUT2D eigenvalue weighted by atomic mass is 127. The van der Waals surface area contributed by atoms with Crippen molar-refractivity contribution in [2.24, 2.45) is 0 Å². The van der Waals surface area contributed by atoms with Crippen molar-refractivity contribution in [1.29, 1.82) is 0 Å². The van der Waals surface area contributed by atoms with Crippen molar-refractivity contribution in [3.63, 3.8) is 0 Å². The number of amides is 2. The van der Waals surface area contributed by atoms with Crippen LogP contribution in [-0.4, -0.2) is 35.4 Å². The Morgan fingerprint density at radius 1 is 1.09 bits per heavy atom. The van der Waals surface area contributed by atoms with Crippen LogP contribution in [0.5, 0.6) is 5.75 Å². The predicted octanol–water partition coefficient (Wildman–Crippen LogP) is 5.23. The van der Waals surface area contributed by atoms with E-state index in [1.165, 1.54) is 6.42 Å². The molecule has 0 heterocycles. The molecule has 2 aromatic rings. The van der Waals surface area contributed by atoms with Gasteiger partial charge in [0.05, 0.1) is 0 Å². The molecule has 0 spiro atoms. The quantitative estimate of drug-likeness (QED) is 0.437. The van der Waals surface area contributed by atoms with Crippen LogP contribution in [0.15, 0.2) is 48.5 Å². The summed E-state index contributed by atoms with van der Waals surface area (Å²) in [6, 6.07) is 15.3. The minimum absolute atomic E-state index is 0.0596. The van der Waals surface area contributed by atoms with Crippen molar-refractivity contribution in [2.45, 2.75) is 71.0 Å². The summed E-state index contributed by atoms with van der Waals surface area (Å²) >= 11 is 2.23. The summed E-state index contributed by atoms with van der Waals surface area (Å²) in [6.45, 7) is 4.28. The molecule has 1 aliphatic carbocycles. The maximum atomic E-state index is 13.3. The molecule has 2 amide bonds. The monoisotopic (exact) mass is 548 g/mol. The first-order valence-corrected chi connectivity index (χ1v) is 12.6. The van der Waals surface area contributed by atoms with Crippen LogP contribution in [0.1, 0.15) is 56.6 Å². The molecule has 1 N–H and O–H groups in total. The summed E-state index contributed by atoms with van der Waals surface area (Å²) in [5.41, 5.74) is 2.14. The van der Waals surface area contributed by atoms with E-state index in [2.05, 4.69) is 27.9 Å². The van der Waals surface area contributed by atoms with Crippen LogP contribution in [0.3, 0.4) is 0 Å². The van der Waals surface area contributed by atoms with Crippen molar-refractivity contribution < 1.29 is 14.3 Å². The molecule has 0 aliphatic heterocycles. The molecular weight excluding hydrogens is 515 g/mol. The topological polar surface area (TPSA) is 58.6 Å². The van der Waals surface area contributed by atoms with Crippen LogP contribution in [0.25, 0.3) is 0 Å². The second kappa shape index (κ2) is 12.2.